The normalized spacial score (nSPS) is 12.0. The van der Waals surface area contributed by atoms with Crippen LogP contribution in [-0.4, -0.2) is 25.4 Å². The molecule has 0 fully saturated rings. The Hall–Kier alpha value is 0.759. The first-order chi connectivity index (χ1) is 3.56. The molecule has 0 radical (unpaired) electrons. The van der Waals surface area contributed by atoms with E-state index in [2.05, 4.69) is 21.7 Å². The molecule has 0 aliphatic heterocycles. The quantitative estimate of drug-likeness (QED) is 0.666. The van der Waals surface area contributed by atoms with Crippen molar-refractivity contribution in [3.63, 3.8) is 0 Å². The summed E-state index contributed by atoms with van der Waals surface area (Å²) in [4.78, 5) is 6.85. The average Bonchev–Trinajstić information content (AvgIpc) is 1.59. The van der Waals surface area contributed by atoms with Gasteiger partial charge in [0, 0.05) is 0 Å². The fourth-order valence-electron chi connectivity index (χ4n) is 0.408. The van der Waals surface area contributed by atoms with Gasteiger partial charge < -0.3 is 0 Å². The molecule has 0 rings (SSSR count). The predicted octanol–water partition coefficient (Wildman–Crippen LogP) is 2.25. The van der Waals surface area contributed by atoms with Gasteiger partial charge in [0.2, 0.25) is 0 Å². The molecular formula is C6H16OSn. The molecule has 0 aromatic heterocycles. The SMILES string of the molecule is CCC[O][Sn]([CH3])([CH3])[CH3]. The van der Waals surface area contributed by atoms with Crippen molar-refractivity contribution in [1.29, 1.82) is 0 Å². The van der Waals surface area contributed by atoms with Gasteiger partial charge in [-0.3, -0.25) is 0 Å². The summed E-state index contributed by atoms with van der Waals surface area (Å²) in [6.07, 6.45) is 1.16. The maximum absolute atomic E-state index is 5.59. The molecule has 0 aliphatic rings. The van der Waals surface area contributed by atoms with E-state index in [1.165, 1.54) is 0 Å². The van der Waals surface area contributed by atoms with Crippen LogP contribution >= 0.6 is 0 Å². The second kappa shape index (κ2) is 3.72. The minimum atomic E-state index is -1.81. The van der Waals surface area contributed by atoms with E-state index < -0.39 is 18.8 Å². The van der Waals surface area contributed by atoms with Crippen molar-refractivity contribution >= 4 is 18.8 Å². The molecular weight excluding hydrogens is 207 g/mol. The van der Waals surface area contributed by atoms with Gasteiger partial charge in [0.05, 0.1) is 0 Å². The molecule has 0 saturated carbocycles. The van der Waals surface area contributed by atoms with Gasteiger partial charge in [-0.25, -0.2) is 0 Å². The molecule has 0 atom stereocenters. The van der Waals surface area contributed by atoms with Crippen molar-refractivity contribution in [2.24, 2.45) is 0 Å². The van der Waals surface area contributed by atoms with Gasteiger partial charge in [-0.15, -0.1) is 0 Å². The van der Waals surface area contributed by atoms with Gasteiger partial charge in [-0.1, -0.05) is 0 Å². The Bertz CT molecular complexity index is 56.0. The van der Waals surface area contributed by atoms with E-state index in [9.17, 15) is 0 Å². The zero-order chi connectivity index (χ0) is 6.62. The predicted molar refractivity (Wildman–Crippen MR) is 39.6 cm³/mol. The summed E-state index contributed by atoms with van der Waals surface area (Å²) in [5.74, 6) is 0. The van der Waals surface area contributed by atoms with Gasteiger partial charge in [0.15, 0.2) is 0 Å². The van der Waals surface area contributed by atoms with Crippen molar-refractivity contribution in [2.45, 2.75) is 28.2 Å². The van der Waals surface area contributed by atoms with Crippen molar-refractivity contribution < 1.29 is 3.07 Å². The summed E-state index contributed by atoms with van der Waals surface area (Å²) in [5.41, 5.74) is 0. The summed E-state index contributed by atoms with van der Waals surface area (Å²) in [7, 11) is 0. The van der Waals surface area contributed by atoms with E-state index in [1.54, 1.807) is 0 Å². The van der Waals surface area contributed by atoms with Crippen molar-refractivity contribution in [3.8, 4) is 0 Å². The monoisotopic (exact) mass is 224 g/mol. The van der Waals surface area contributed by atoms with Crippen LogP contribution in [-0.2, 0) is 3.07 Å². The summed E-state index contributed by atoms with van der Waals surface area (Å²) in [6.45, 7) is 3.12. The van der Waals surface area contributed by atoms with Crippen LogP contribution in [0.15, 0.2) is 0 Å². The van der Waals surface area contributed by atoms with Crippen LogP contribution in [0.3, 0.4) is 0 Å². The van der Waals surface area contributed by atoms with Crippen molar-refractivity contribution in [3.05, 3.63) is 0 Å². The Morgan fingerprint density at radius 2 is 1.75 bits per heavy atom. The van der Waals surface area contributed by atoms with Crippen LogP contribution in [0, 0.1) is 0 Å². The van der Waals surface area contributed by atoms with E-state index in [0.717, 1.165) is 13.0 Å². The standard InChI is InChI=1S/C3H7O.3CH3.Sn/c1-2-3-4;;;;/h2-3H2,1H3;3*1H3;/q-1;;;;+1. The molecule has 0 aromatic rings. The van der Waals surface area contributed by atoms with E-state index >= 15 is 0 Å². The number of hydrogen-bond acceptors (Lipinski definition) is 1. The third kappa shape index (κ3) is 6.76. The summed E-state index contributed by atoms with van der Waals surface area (Å²) in [6, 6.07) is 0. The summed E-state index contributed by atoms with van der Waals surface area (Å²) < 4.78 is 5.59. The van der Waals surface area contributed by atoms with Crippen molar-refractivity contribution in [2.75, 3.05) is 6.61 Å². The molecule has 50 valence electrons. The number of rotatable bonds is 3. The van der Waals surface area contributed by atoms with Crippen LogP contribution in [0.5, 0.6) is 0 Å². The zero-order valence-corrected chi connectivity index (χ0v) is 9.18. The number of hydrogen-bond donors (Lipinski definition) is 0. The third-order valence-electron chi connectivity index (χ3n) is 0.739. The van der Waals surface area contributed by atoms with Gasteiger partial charge in [-0.05, 0) is 0 Å². The van der Waals surface area contributed by atoms with Crippen LogP contribution < -0.4 is 0 Å². The first kappa shape index (κ1) is 8.76. The van der Waals surface area contributed by atoms with Crippen LogP contribution in [0.2, 0.25) is 14.8 Å². The molecule has 0 saturated heterocycles. The molecule has 0 N–H and O–H groups in total. The maximum atomic E-state index is 5.59. The minimum absolute atomic E-state index is 0.972. The van der Waals surface area contributed by atoms with Crippen molar-refractivity contribution in [1.82, 2.24) is 0 Å². The van der Waals surface area contributed by atoms with Gasteiger partial charge >= 0.3 is 56.6 Å². The molecule has 0 heterocycles. The Kier molecular flexibility index (Phi) is 4.07. The summed E-state index contributed by atoms with van der Waals surface area (Å²) >= 11 is -1.81. The van der Waals surface area contributed by atoms with Gasteiger partial charge in [0.25, 0.3) is 0 Å². The first-order valence-corrected chi connectivity index (χ1v) is 12.9. The molecule has 0 spiro atoms. The van der Waals surface area contributed by atoms with Crippen LogP contribution in [0.25, 0.3) is 0 Å². The zero-order valence-electron chi connectivity index (χ0n) is 6.32. The van der Waals surface area contributed by atoms with Crippen LogP contribution in [0.1, 0.15) is 13.3 Å². The fourth-order valence-corrected chi connectivity index (χ4v) is 2.74. The second-order valence-electron chi connectivity index (χ2n) is 2.96. The third-order valence-corrected chi connectivity index (χ3v) is 3.79. The molecule has 0 aromatic carbocycles. The molecule has 1 nitrogen and oxygen atoms in total. The Morgan fingerprint density at radius 1 is 1.25 bits per heavy atom. The molecule has 0 amide bonds. The summed E-state index contributed by atoms with van der Waals surface area (Å²) in [5, 5.41) is 0. The Morgan fingerprint density at radius 3 is 1.88 bits per heavy atom. The van der Waals surface area contributed by atoms with Gasteiger partial charge in [-0.2, -0.15) is 0 Å². The van der Waals surface area contributed by atoms with E-state index in [0.29, 0.717) is 0 Å². The Labute approximate surface area is 56.8 Å². The molecule has 0 unspecified atom stereocenters. The second-order valence-corrected chi connectivity index (χ2v) is 15.8. The topological polar surface area (TPSA) is 9.23 Å². The molecule has 2 heteroatoms. The van der Waals surface area contributed by atoms with E-state index in [1.807, 2.05) is 0 Å². The van der Waals surface area contributed by atoms with Crippen LogP contribution in [0.4, 0.5) is 0 Å². The fraction of sp³-hybridized carbons (Fsp3) is 1.00. The van der Waals surface area contributed by atoms with E-state index in [-0.39, 0.29) is 0 Å². The average molecular weight is 223 g/mol. The first-order valence-electron chi connectivity index (χ1n) is 3.20. The van der Waals surface area contributed by atoms with E-state index in [4.69, 9.17) is 3.07 Å². The molecule has 0 aliphatic carbocycles. The molecule has 8 heavy (non-hydrogen) atoms. The molecule has 0 bridgehead atoms. The van der Waals surface area contributed by atoms with Gasteiger partial charge in [0.1, 0.15) is 0 Å². The Balaban J connectivity index is 3.11.